The second kappa shape index (κ2) is 6.78. The van der Waals surface area contributed by atoms with Crippen molar-refractivity contribution in [1.82, 2.24) is 13.9 Å². The van der Waals surface area contributed by atoms with Crippen LogP contribution in [0.4, 0.5) is 0 Å². The van der Waals surface area contributed by atoms with Gasteiger partial charge in [-0.1, -0.05) is 25.5 Å². The first-order valence-electron chi connectivity index (χ1n) is 11.9. The van der Waals surface area contributed by atoms with Gasteiger partial charge in [-0.05, 0) is 61.0 Å². The van der Waals surface area contributed by atoms with E-state index in [-0.39, 0.29) is 35.3 Å². The number of hydrogen-bond acceptors (Lipinski definition) is 4. The minimum atomic E-state index is -3.17. The van der Waals surface area contributed by atoms with Crippen LogP contribution in [0.1, 0.15) is 57.2 Å². The topological polar surface area (TPSA) is 75.4 Å². The standard InChI is InChI=1S/C24H33N3O3S/c1-3-4-15-5-8-18-19(9-15)21-11-25-14-27(21)22(18)20-10-24(23(20)28)16-6-7-17(24)13-26(12-16)31(2,29)30/h5,8,11,14-17,20,22-23,28H,3-4,6-7,9-10,12-13H2,1-2H3/t15?,16?,17?,20-,22+,23-,24?/m1/s1. The first-order valence-corrected chi connectivity index (χ1v) is 13.8. The van der Waals surface area contributed by atoms with Crippen molar-refractivity contribution in [3.63, 3.8) is 0 Å². The van der Waals surface area contributed by atoms with Gasteiger partial charge in [0.05, 0.1) is 36.6 Å². The highest BCUT2D eigenvalue weighted by atomic mass is 32.2. The second-order valence-electron chi connectivity index (χ2n) is 10.7. The van der Waals surface area contributed by atoms with Crippen molar-refractivity contribution in [2.24, 2.45) is 29.1 Å². The molecule has 1 spiro atoms. The summed E-state index contributed by atoms with van der Waals surface area (Å²) in [5.41, 5.74) is 3.93. The van der Waals surface area contributed by atoms with Gasteiger partial charge in [-0.15, -0.1) is 0 Å². The van der Waals surface area contributed by atoms with Crippen LogP contribution in [0.3, 0.4) is 0 Å². The van der Waals surface area contributed by atoms with E-state index in [1.54, 1.807) is 4.31 Å². The lowest BCUT2D eigenvalue weighted by molar-refractivity contribution is -0.190. The first kappa shape index (κ1) is 20.2. The molecule has 1 saturated heterocycles. The van der Waals surface area contributed by atoms with Gasteiger partial charge >= 0.3 is 0 Å². The molecule has 0 aromatic carbocycles. The lowest BCUT2D eigenvalue weighted by Gasteiger charge is -2.61. The Morgan fingerprint density at radius 1 is 1.26 bits per heavy atom. The predicted octanol–water partition coefficient (Wildman–Crippen LogP) is 3.24. The Morgan fingerprint density at radius 2 is 2.00 bits per heavy atom. The summed E-state index contributed by atoms with van der Waals surface area (Å²) in [6.07, 6.45) is 16.1. The third kappa shape index (κ3) is 2.69. The SMILES string of the molecule is CCCC1C=CC2=C(C1)c1cncn1[C@@H]2[C@H]1CC2(C3CCC2CN(S(C)(=O)=O)C3)[C@@H]1O. The second-order valence-corrected chi connectivity index (χ2v) is 12.6. The van der Waals surface area contributed by atoms with Gasteiger partial charge in [0.2, 0.25) is 10.0 Å². The maximum Gasteiger partial charge on any atom is 0.211 e. The maximum atomic E-state index is 12.2. The van der Waals surface area contributed by atoms with Crippen LogP contribution in [0.2, 0.25) is 0 Å². The quantitative estimate of drug-likeness (QED) is 0.775. The molecule has 1 N–H and O–H groups in total. The number of nitrogens with zero attached hydrogens (tertiary/aromatic N) is 3. The van der Waals surface area contributed by atoms with E-state index in [9.17, 15) is 13.5 Å². The minimum absolute atomic E-state index is 0.0982. The van der Waals surface area contributed by atoms with Crippen molar-refractivity contribution < 1.29 is 13.5 Å². The molecule has 1 aromatic heterocycles. The van der Waals surface area contributed by atoms with Crippen LogP contribution in [0.5, 0.6) is 0 Å². The summed E-state index contributed by atoms with van der Waals surface area (Å²) in [5, 5.41) is 11.7. The summed E-state index contributed by atoms with van der Waals surface area (Å²) in [5.74, 6) is 1.33. The molecule has 6 rings (SSSR count). The van der Waals surface area contributed by atoms with Gasteiger partial charge in [0.1, 0.15) is 0 Å². The number of imidazole rings is 1. The fourth-order valence-corrected chi connectivity index (χ4v) is 8.75. The highest BCUT2D eigenvalue weighted by molar-refractivity contribution is 7.88. The van der Waals surface area contributed by atoms with E-state index in [2.05, 4.69) is 28.6 Å². The van der Waals surface area contributed by atoms with Crippen molar-refractivity contribution in [2.75, 3.05) is 19.3 Å². The molecular weight excluding hydrogens is 410 g/mol. The van der Waals surface area contributed by atoms with Crippen LogP contribution < -0.4 is 0 Å². The number of aliphatic hydroxyl groups excluding tert-OH is 1. The van der Waals surface area contributed by atoms with E-state index >= 15 is 0 Å². The maximum absolute atomic E-state index is 12.2. The molecule has 2 saturated carbocycles. The van der Waals surface area contributed by atoms with Crippen LogP contribution in [0.15, 0.2) is 30.2 Å². The third-order valence-corrected chi connectivity index (χ3v) is 10.5. The van der Waals surface area contributed by atoms with Gasteiger partial charge in [-0.3, -0.25) is 0 Å². The number of rotatable bonds is 4. The predicted molar refractivity (Wildman–Crippen MR) is 120 cm³/mol. The Bertz CT molecular complexity index is 1060. The smallest absolute Gasteiger partial charge is 0.211 e. The average molecular weight is 444 g/mol. The van der Waals surface area contributed by atoms with Crippen molar-refractivity contribution in [3.05, 3.63) is 35.9 Å². The molecule has 1 aromatic rings. The fraction of sp³-hybridized carbons (Fsp3) is 0.708. The molecule has 6 atom stereocenters. The normalized spacial score (nSPS) is 41.5. The molecule has 3 unspecified atom stereocenters. The van der Waals surface area contributed by atoms with Crippen LogP contribution in [0.25, 0.3) is 5.57 Å². The lowest BCUT2D eigenvalue weighted by atomic mass is 9.48. The molecule has 5 aliphatic rings. The summed E-state index contributed by atoms with van der Waals surface area (Å²) in [6.45, 7) is 3.40. The molecule has 3 aliphatic carbocycles. The van der Waals surface area contributed by atoms with Crippen LogP contribution in [-0.2, 0) is 10.0 Å². The van der Waals surface area contributed by atoms with Crippen molar-refractivity contribution in [3.8, 4) is 0 Å². The van der Waals surface area contributed by atoms with Crippen molar-refractivity contribution >= 4 is 15.6 Å². The van der Waals surface area contributed by atoms with Crippen molar-refractivity contribution in [1.29, 1.82) is 0 Å². The van der Waals surface area contributed by atoms with E-state index in [0.29, 0.717) is 19.0 Å². The molecule has 2 aliphatic heterocycles. The number of fused-ring (bicyclic) bond motifs is 2. The number of aromatic nitrogens is 2. The van der Waals surface area contributed by atoms with Crippen LogP contribution in [0, 0.1) is 29.1 Å². The number of sulfonamides is 1. The zero-order valence-electron chi connectivity index (χ0n) is 18.4. The molecule has 0 radical (unpaired) electrons. The Kier molecular flexibility index (Phi) is 4.42. The van der Waals surface area contributed by atoms with E-state index in [4.69, 9.17) is 0 Å². The molecule has 7 heteroatoms. The Morgan fingerprint density at radius 3 is 2.65 bits per heavy atom. The van der Waals surface area contributed by atoms with E-state index in [1.165, 1.54) is 35.9 Å². The molecule has 3 heterocycles. The molecule has 168 valence electrons. The minimum Gasteiger partial charge on any atom is -0.392 e. The Hall–Kier alpha value is -1.44. The van der Waals surface area contributed by atoms with Gasteiger partial charge in [0.15, 0.2) is 0 Å². The zero-order valence-corrected chi connectivity index (χ0v) is 19.3. The number of piperidine rings is 1. The molecule has 6 nitrogen and oxygen atoms in total. The largest absolute Gasteiger partial charge is 0.392 e. The molecule has 31 heavy (non-hydrogen) atoms. The highest BCUT2D eigenvalue weighted by Crippen LogP contribution is 2.67. The van der Waals surface area contributed by atoms with Crippen LogP contribution in [-0.4, -0.2) is 52.8 Å². The summed E-state index contributed by atoms with van der Waals surface area (Å²) >= 11 is 0. The first-order chi connectivity index (χ1) is 14.8. The summed E-state index contributed by atoms with van der Waals surface area (Å²) in [7, 11) is -3.17. The van der Waals surface area contributed by atoms with Crippen LogP contribution >= 0.6 is 0 Å². The number of allylic oxidation sites excluding steroid dienone is 4. The highest BCUT2D eigenvalue weighted by Gasteiger charge is 2.68. The van der Waals surface area contributed by atoms with Gasteiger partial charge in [0, 0.05) is 24.4 Å². The van der Waals surface area contributed by atoms with Gasteiger partial charge in [-0.25, -0.2) is 17.7 Å². The van der Waals surface area contributed by atoms with Gasteiger partial charge in [-0.2, -0.15) is 0 Å². The van der Waals surface area contributed by atoms with E-state index in [0.717, 1.165) is 25.7 Å². The number of hydrogen-bond donors (Lipinski definition) is 1. The molecule has 3 fully saturated rings. The monoisotopic (exact) mass is 443 g/mol. The molecule has 0 amide bonds. The summed E-state index contributed by atoms with van der Waals surface area (Å²) in [4.78, 5) is 4.45. The summed E-state index contributed by atoms with van der Waals surface area (Å²) in [6, 6.07) is 0.166. The Labute approximate surface area is 185 Å². The lowest BCUT2D eigenvalue weighted by Crippen LogP contribution is -2.65. The molecule has 2 bridgehead atoms. The van der Waals surface area contributed by atoms with Crippen molar-refractivity contribution in [2.45, 2.75) is 57.6 Å². The van der Waals surface area contributed by atoms with Gasteiger partial charge < -0.3 is 9.67 Å². The number of aliphatic hydroxyl groups is 1. The van der Waals surface area contributed by atoms with Gasteiger partial charge in [0.25, 0.3) is 0 Å². The zero-order chi connectivity index (χ0) is 21.5. The fourth-order valence-electron chi connectivity index (χ4n) is 7.85. The average Bonchev–Trinajstić information content (AvgIpc) is 3.36. The third-order valence-electron chi connectivity index (χ3n) is 9.27. The van der Waals surface area contributed by atoms with E-state index < -0.39 is 10.0 Å². The Balaban J connectivity index is 1.28. The summed E-state index contributed by atoms with van der Waals surface area (Å²) < 4.78 is 28.3. The molecular formula is C24H33N3O3S. The van der Waals surface area contributed by atoms with E-state index in [1.807, 2.05) is 12.5 Å².